The van der Waals surface area contributed by atoms with Crippen molar-refractivity contribution in [3.8, 4) is 5.75 Å². The fourth-order valence-corrected chi connectivity index (χ4v) is 4.60. The van der Waals surface area contributed by atoms with Gasteiger partial charge in [0.05, 0.1) is 17.8 Å². The lowest BCUT2D eigenvalue weighted by molar-refractivity contribution is -0.113. The van der Waals surface area contributed by atoms with Gasteiger partial charge in [0, 0.05) is 23.0 Å². The predicted molar refractivity (Wildman–Crippen MR) is 121 cm³/mol. The molecular formula is C21H16ClN3O2S2. The number of nitrogens with zero attached hydrogens (tertiary/aromatic N) is 3. The van der Waals surface area contributed by atoms with Crippen LogP contribution in [0.25, 0.3) is 6.08 Å². The lowest BCUT2D eigenvalue weighted by Crippen LogP contribution is -2.30. The molecule has 1 amide bonds. The molecule has 1 aromatic carbocycles. The standard InChI is InChI=1S/C21H16ClN3O2S2/c1-27-19-7-6-15(10-17(19)22)25-20(26)18(11-16-5-3-9-28-16)24-21(25)29-13-14-4-2-8-23-12-14/h2-12H,13H2,1H3. The molecule has 0 radical (unpaired) electrons. The summed E-state index contributed by atoms with van der Waals surface area (Å²) in [5, 5.41) is 3.00. The van der Waals surface area contributed by atoms with Gasteiger partial charge in [0.15, 0.2) is 5.17 Å². The maximum absolute atomic E-state index is 13.2. The molecule has 1 aliphatic rings. The zero-order valence-corrected chi connectivity index (χ0v) is 17.8. The molecular weight excluding hydrogens is 426 g/mol. The molecule has 0 fully saturated rings. The minimum atomic E-state index is -0.187. The van der Waals surface area contributed by atoms with Crippen molar-refractivity contribution in [3.63, 3.8) is 0 Å². The molecule has 8 heteroatoms. The highest BCUT2D eigenvalue weighted by Crippen LogP contribution is 2.35. The van der Waals surface area contributed by atoms with E-state index in [2.05, 4.69) is 9.98 Å². The van der Waals surface area contributed by atoms with Crippen molar-refractivity contribution < 1.29 is 9.53 Å². The summed E-state index contributed by atoms with van der Waals surface area (Å²) in [5.41, 5.74) is 2.09. The maximum Gasteiger partial charge on any atom is 0.283 e. The van der Waals surface area contributed by atoms with E-state index in [4.69, 9.17) is 16.3 Å². The van der Waals surface area contributed by atoms with Crippen molar-refractivity contribution in [1.29, 1.82) is 0 Å². The molecule has 2 aromatic heterocycles. The fourth-order valence-electron chi connectivity index (χ4n) is 2.75. The van der Waals surface area contributed by atoms with Crippen LogP contribution in [0, 0.1) is 0 Å². The van der Waals surface area contributed by atoms with E-state index in [9.17, 15) is 4.79 Å². The Kier molecular flexibility index (Phi) is 5.99. The number of benzene rings is 1. The van der Waals surface area contributed by atoms with Crippen LogP contribution in [0.5, 0.6) is 5.75 Å². The summed E-state index contributed by atoms with van der Waals surface area (Å²) in [7, 11) is 1.56. The van der Waals surface area contributed by atoms with Gasteiger partial charge in [0.2, 0.25) is 0 Å². The van der Waals surface area contributed by atoms with Crippen molar-refractivity contribution in [2.24, 2.45) is 4.99 Å². The Hall–Kier alpha value is -2.61. The molecule has 5 nitrogen and oxygen atoms in total. The average Bonchev–Trinajstić information content (AvgIpc) is 3.35. The van der Waals surface area contributed by atoms with Crippen LogP contribution in [0.2, 0.25) is 5.02 Å². The molecule has 0 atom stereocenters. The van der Waals surface area contributed by atoms with Gasteiger partial charge < -0.3 is 4.74 Å². The number of carbonyl (C=O) groups is 1. The molecule has 4 rings (SSSR count). The van der Waals surface area contributed by atoms with E-state index in [1.165, 1.54) is 11.8 Å². The zero-order valence-electron chi connectivity index (χ0n) is 15.4. The SMILES string of the molecule is COc1ccc(N2C(=O)C(=Cc3cccs3)N=C2SCc2cccnc2)cc1Cl. The number of aromatic nitrogens is 1. The summed E-state index contributed by atoms with van der Waals surface area (Å²) in [6.45, 7) is 0. The van der Waals surface area contributed by atoms with E-state index in [1.54, 1.807) is 53.9 Å². The number of anilines is 1. The fraction of sp³-hybridized carbons (Fsp3) is 0.0952. The number of ether oxygens (including phenoxy) is 1. The Labute approximate surface area is 181 Å². The smallest absolute Gasteiger partial charge is 0.283 e. The first-order valence-electron chi connectivity index (χ1n) is 8.69. The summed E-state index contributed by atoms with van der Waals surface area (Å²) >= 11 is 9.33. The normalized spacial score (nSPS) is 15.1. The molecule has 3 heterocycles. The number of halogens is 1. The Morgan fingerprint density at radius 1 is 1.28 bits per heavy atom. The van der Waals surface area contributed by atoms with Gasteiger partial charge in [-0.05, 0) is 47.4 Å². The Bertz CT molecular complexity index is 1080. The number of hydrogen-bond acceptors (Lipinski definition) is 6. The Morgan fingerprint density at radius 3 is 2.86 bits per heavy atom. The molecule has 146 valence electrons. The topological polar surface area (TPSA) is 54.8 Å². The van der Waals surface area contributed by atoms with Crippen LogP contribution in [0.3, 0.4) is 0 Å². The first-order chi connectivity index (χ1) is 14.2. The second-order valence-electron chi connectivity index (χ2n) is 6.05. The van der Waals surface area contributed by atoms with Gasteiger partial charge in [-0.25, -0.2) is 4.99 Å². The molecule has 0 saturated carbocycles. The minimum absolute atomic E-state index is 0.187. The van der Waals surface area contributed by atoms with Crippen LogP contribution >= 0.6 is 34.7 Å². The van der Waals surface area contributed by atoms with Gasteiger partial charge in [-0.3, -0.25) is 14.7 Å². The van der Waals surface area contributed by atoms with Gasteiger partial charge in [0.25, 0.3) is 5.91 Å². The predicted octanol–water partition coefficient (Wildman–Crippen LogP) is 5.48. The third kappa shape index (κ3) is 4.37. The second-order valence-corrected chi connectivity index (χ2v) is 8.38. The second kappa shape index (κ2) is 8.82. The van der Waals surface area contributed by atoms with Gasteiger partial charge >= 0.3 is 0 Å². The van der Waals surface area contributed by atoms with Crippen LogP contribution in [0.1, 0.15) is 10.4 Å². The summed E-state index contributed by atoms with van der Waals surface area (Å²) in [6.07, 6.45) is 5.35. The van der Waals surface area contributed by atoms with Crippen molar-refractivity contribution in [1.82, 2.24) is 4.98 Å². The highest BCUT2D eigenvalue weighted by atomic mass is 35.5. The van der Waals surface area contributed by atoms with Crippen molar-refractivity contribution in [3.05, 3.63) is 81.4 Å². The lowest BCUT2D eigenvalue weighted by atomic mass is 10.2. The highest BCUT2D eigenvalue weighted by Gasteiger charge is 2.32. The third-order valence-corrected chi connectivity index (χ3v) is 6.26. The molecule has 29 heavy (non-hydrogen) atoms. The molecule has 3 aromatic rings. The number of hydrogen-bond donors (Lipinski definition) is 0. The number of thioether (sulfide) groups is 1. The lowest BCUT2D eigenvalue weighted by Gasteiger charge is -2.18. The monoisotopic (exact) mass is 441 g/mol. The summed E-state index contributed by atoms with van der Waals surface area (Å²) in [6, 6.07) is 13.0. The number of rotatable bonds is 5. The van der Waals surface area contributed by atoms with E-state index in [0.29, 0.717) is 33.1 Å². The van der Waals surface area contributed by atoms with Crippen molar-refractivity contribution >= 4 is 57.5 Å². The van der Waals surface area contributed by atoms with Gasteiger partial charge in [0.1, 0.15) is 11.4 Å². The van der Waals surface area contributed by atoms with Crippen molar-refractivity contribution in [2.75, 3.05) is 12.0 Å². The van der Waals surface area contributed by atoms with E-state index >= 15 is 0 Å². The van der Waals surface area contributed by atoms with Gasteiger partial charge in [-0.1, -0.05) is 35.5 Å². The Morgan fingerprint density at radius 2 is 2.17 bits per heavy atom. The van der Waals surface area contributed by atoms with Crippen molar-refractivity contribution in [2.45, 2.75) is 5.75 Å². The number of pyridine rings is 1. The largest absolute Gasteiger partial charge is 0.495 e. The first-order valence-corrected chi connectivity index (χ1v) is 10.9. The van der Waals surface area contributed by atoms with Crippen LogP contribution in [-0.2, 0) is 10.5 Å². The number of thiophene rings is 1. The zero-order chi connectivity index (χ0) is 20.2. The van der Waals surface area contributed by atoms with E-state index in [0.717, 1.165) is 10.4 Å². The third-order valence-electron chi connectivity index (χ3n) is 4.14. The minimum Gasteiger partial charge on any atom is -0.495 e. The van der Waals surface area contributed by atoms with Gasteiger partial charge in [-0.15, -0.1) is 11.3 Å². The summed E-state index contributed by atoms with van der Waals surface area (Å²) in [5.74, 6) is 1.01. The van der Waals surface area contributed by atoms with E-state index < -0.39 is 0 Å². The van der Waals surface area contributed by atoms with Crippen LogP contribution in [0.15, 0.2) is 70.9 Å². The van der Waals surface area contributed by atoms with E-state index in [-0.39, 0.29) is 5.91 Å². The number of amides is 1. The van der Waals surface area contributed by atoms with Crippen LogP contribution in [-0.4, -0.2) is 23.2 Å². The highest BCUT2D eigenvalue weighted by molar-refractivity contribution is 8.13. The molecule has 0 aliphatic carbocycles. The molecule has 0 unspecified atom stereocenters. The van der Waals surface area contributed by atoms with Gasteiger partial charge in [-0.2, -0.15) is 0 Å². The number of amidine groups is 1. The Balaban J connectivity index is 1.67. The first kappa shape index (κ1) is 19.7. The number of carbonyl (C=O) groups excluding carboxylic acids is 1. The van der Waals surface area contributed by atoms with Crippen LogP contribution in [0.4, 0.5) is 5.69 Å². The van der Waals surface area contributed by atoms with E-state index in [1.807, 2.05) is 35.7 Å². The molecule has 0 N–H and O–H groups in total. The number of methoxy groups -OCH3 is 1. The molecule has 0 saturated heterocycles. The quantitative estimate of drug-likeness (QED) is 0.492. The molecule has 1 aliphatic heterocycles. The summed E-state index contributed by atoms with van der Waals surface area (Å²) in [4.78, 5) is 24.5. The number of aliphatic imine (C=N–C) groups is 1. The van der Waals surface area contributed by atoms with Crippen LogP contribution < -0.4 is 9.64 Å². The maximum atomic E-state index is 13.2. The molecule has 0 spiro atoms. The molecule has 0 bridgehead atoms. The average molecular weight is 442 g/mol. The summed E-state index contributed by atoms with van der Waals surface area (Å²) < 4.78 is 5.23.